The highest BCUT2D eigenvalue weighted by Crippen LogP contribution is 2.31. The van der Waals surface area contributed by atoms with Crippen molar-refractivity contribution < 1.29 is 9.90 Å². The van der Waals surface area contributed by atoms with E-state index < -0.39 is 5.97 Å². The second-order valence-corrected chi connectivity index (χ2v) is 6.12. The van der Waals surface area contributed by atoms with Gasteiger partial charge in [0.25, 0.3) is 0 Å². The molecule has 1 aromatic heterocycles. The maximum atomic E-state index is 11.0. The largest absolute Gasteiger partial charge is 0.478 e. The molecule has 1 aliphatic rings. The van der Waals surface area contributed by atoms with E-state index in [1.165, 1.54) is 24.8 Å². The monoisotopic (exact) mass is 310 g/mol. The number of carboxylic acids is 1. The fourth-order valence-electron chi connectivity index (χ4n) is 3.31. The van der Waals surface area contributed by atoms with E-state index in [2.05, 4.69) is 22.0 Å². The van der Waals surface area contributed by atoms with Crippen LogP contribution in [0.2, 0.25) is 0 Å². The minimum absolute atomic E-state index is 0.343. The van der Waals surface area contributed by atoms with Gasteiger partial charge < -0.3 is 5.11 Å². The standard InChI is InChI=1S/C19H22N2O2/c22-19(23)17-7-5-15(6-8-17)14-21-13-3-1-2-4-18(21)16-9-11-20-12-10-16/h5-12,18H,1-4,13-14H2,(H,22,23). The molecule has 0 aliphatic carbocycles. The first-order valence-electron chi connectivity index (χ1n) is 8.20. The average Bonchev–Trinajstić information content (AvgIpc) is 2.81. The van der Waals surface area contributed by atoms with Gasteiger partial charge in [0, 0.05) is 25.0 Å². The van der Waals surface area contributed by atoms with E-state index in [9.17, 15) is 4.79 Å². The summed E-state index contributed by atoms with van der Waals surface area (Å²) in [6, 6.07) is 11.9. The third kappa shape index (κ3) is 3.96. The van der Waals surface area contributed by atoms with Gasteiger partial charge in [-0.2, -0.15) is 0 Å². The zero-order chi connectivity index (χ0) is 16.1. The topological polar surface area (TPSA) is 53.4 Å². The summed E-state index contributed by atoms with van der Waals surface area (Å²) >= 11 is 0. The normalized spacial score (nSPS) is 19.2. The van der Waals surface area contributed by atoms with Crippen LogP contribution in [0.15, 0.2) is 48.8 Å². The first-order chi connectivity index (χ1) is 11.2. The lowest BCUT2D eigenvalue weighted by atomic mass is 10.0. The average molecular weight is 310 g/mol. The van der Waals surface area contributed by atoms with Gasteiger partial charge in [0.2, 0.25) is 0 Å². The number of hydrogen-bond acceptors (Lipinski definition) is 3. The van der Waals surface area contributed by atoms with Crippen molar-refractivity contribution in [2.24, 2.45) is 0 Å². The van der Waals surface area contributed by atoms with Gasteiger partial charge in [-0.3, -0.25) is 9.88 Å². The minimum Gasteiger partial charge on any atom is -0.478 e. The van der Waals surface area contributed by atoms with Crippen LogP contribution in [0.1, 0.15) is 53.2 Å². The molecule has 1 aliphatic heterocycles. The van der Waals surface area contributed by atoms with Crippen LogP contribution in [0.3, 0.4) is 0 Å². The number of rotatable bonds is 4. The first-order valence-corrected chi connectivity index (χ1v) is 8.20. The van der Waals surface area contributed by atoms with Gasteiger partial charge >= 0.3 is 5.97 Å². The number of benzene rings is 1. The summed E-state index contributed by atoms with van der Waals surface area (Å²) in [7, 11) is 0. The quantitative estimate of drug-likeness (QED) is 0.930. The van der Waals surface area contributed by atoms with Gasteiger partial charge in [-0.05, 0) is 54.8 Å². The van der Waals surface area contributed by atoms with Crippen LogP contribution in [0.25, 0.3) is 0 Å². The van der Waals surface area contributed by atoms with E-state index in [1.807, 2.05) is 24.5 Å². The van der Waals surface area contributed by atoms with E-state index in [4.69, 9.17) is 5.11 Å². The van der Waals surface area contributed by atoms with Crippen molar-refractivity contribution in [3.63, 3.8) is 0 Å². The predicted molar refractivity (Wildman–Crippen MR) is 89.3 cm³/mol. The Morgan fingerprint density at radius 2 is 1.83 bits per heavy atom. The van der Waals surface area contributed by atoms with Crippen molar-refractivity contribution in [1.82, 2.24) is 9.88 Å². The van der Waals surface area contributed by atoms with Crippen molar-refractivity contribution in [3.8, 4) is 0 Å². The van der Waals surface area contributed by atoms with Crippen LogP contribution in [0.4, 0.5) is 0 Å². The fraction of sp³-hybridized carbons (Fsp3) is 0.368. The Hall–Kier alpha value is -2.20. The summed E-state index contributed by atoms with van der Waals surface area (Å²) < 4.78 is 0. The number of carboxylic acid groups (broad SMARTS) is 1. The Morgan fingerprint density at radius 3 is 2.52 bits per heavy atom. The zero-order valence-corrected chi connectivity index (χ0v) is 13.2. The second-order valence-electron chi connectivity index (χ2n) is 6.12. The minimum atomic E-state index is -0.874. The van der Waals surface area contributed by atoms with Gasteiger partial charge in [-0.25, -0.2) is 4.79 Å². The van der Waals surface area contributed by atoms with Gasteiger partial charge in [-0.1, -0.05) is 25.0 Å². The predicted octanol–water partition coefficient (Wildman–Crippen LogP) is 3.90. The molecule has 1 atom stereocenters. The SMILES string of the molecule is O=C(O)c1ccc(CN2CCCCCC2c2ccncc2)cc1. The molecule has 120 valence electrons. The van der Waals surface area contributed by atoms with Gasteiger partial charge in [0.1, 0.15) is 0 Å². The molecule has 4 nitrogen and oxygen atoms in total. The number of pyridine rings is 1. The maximum Gasteiger partial charge on any atom is 0.335 e. The van der Waals surface area contributed by atoms with E-state index in [0.717, 1.165) is 25.1 Å². The highest BCUT2D eigenvalue weighted by atomic mass is 16.4. The molecule has 1 unspecified atom stereocenters. The molecule has 1 saturated heterocycles. The summed E-state index contributed by atoms with van der Waals surface area (Å²) in [5, 5.41) is 9.01. The van der Waals surface area contributed by atoms with Gasteiger partial charge in [0.05, 0.1) is 5.56 Å². The first kappa shape index (κ1) is 15.7. The number of nitrogens with zero attached hydrogens (tertiary/aromatic N) is 2. The van der Waals surface area contributed by atoms with Gasteiger partial charge in [-0.15, -0.1) is 0 Å². The number of likely N-dealkylation sites (tertiary alicyclic amines) is 1. The molecule has 2 aromatic rings. The van der Waals surface area contributed by atoms with Crippen molar-refractivity contribution in [1.29, 1.82) is 0 Å². The molecule has 23 heavy (non-hydrogen) atoms. The van der Waals surface area contributed by atoms with Crippen molar-refractivity contribution in [2.75, 3.05) is 6.54 Å². The Balaban J connectivity index is 1.78. The van der Waals surface area contributed by atoms with Crippen molar-refractivity contribution in [2.45, 2.75) is 38.3 Å². The molecule has 0 amide bonds. The smallest absolute Gasteiger partial charge is 0.335 e. The molecule has 1 fully saturated rings. The van der Waals surface area contributed by atoms with Crippen molar-refractivity contribution in [3.05, 3.63) is 65.5 Å². The molecule has 1 aromatic carbocycles. The Morgan fingerprint density at radius 1 is 1.09 bits per heavy atom. The number of aromatic carboxylic acids is 1. The second kappa shape index (κ2) is 7.38. The molecule has 0 spiro atoms. The van der Waals surface area contributed by atoms with Crippen LogP contribution in [0, 0.1) is 0 Å². The molecule has 0 bridgehead atoms. The van der Waals surface area contributed by atoms with E-state index >= 15 is 0 Å². The molecule has 3 rings (SSSR count). The van der Waals surface area contributed by atoms with E-state index in [0.29, 0.717) is 11.6 Å². The lowest BCUT2D eigenvalue weighted by molar-refractivity contribution is 0.0697. The van der Waals surface area contributed by atoms with Crippen LogP contribution in [-0.4, -0.2) is 27.5 Å². The third-order valence-electron chi connectivity index (χ3n) is 4.54. The van der Waals surface area contributed by atoms with Crippen LogP contribution >= 0.6 is 0 Å². The fourth-order valence-corrected chi connectivity index (χ4v) is 3.31. The molecule has 0 saturated carbocycles. The summed E-state index contributed by atoms with van der Waals surface area (Å²) in [6.45, 7) is 1.93. The molecule has 1 N–H and O–H groups in total. The van der Waals surface area contributed by atoms with Crippen molar-refractivity contribution >= 4 is 5.97 Å². The Labute approximate surface area is 136 Å². The van der Waals surface area contributed by atoms with Crippen LogP contribution in [-0.2, 0) is 6.54 Å². The Kier molecular flexibility index (Phi) is 5.03. The maximum absolute atomic E-state index is 11.0. The lowest BCUT2D eigenvalue weighted by Crippen LogP contribution is -2.28. The molecule has 0 radical (unpaired) electrons. The van der Waals surface area contributed by atoms with E-state index in [1.54, 1.807) is 12.1 Å². The highest BCUT2D eigenvalue weighted by Gasteiger charge is 2.22. The Bertz CT molecular complexity index is 640. The number of hydrogen-bond donors (Lipinski definition) is 1. The lowest BCUT2D eigenvalue weighted by Gasteiger charge is -2.30. The molecule has 4 heteroatoms. The number of carbonyl (C=O) groups is 1. The third-order valence-corrected chi connectivity index (χ3v) is 4.54. The van der Waals surface area contributed by atoms with Crippen LogP contribution in [0.5, 0.6) is 0 Å². The summed E-state index contributed by atoms with van der Waals surface area (Å²) in [6.07, 6.45) is 8.63. The number of aromatic nitrogens is 1. The zero-order valence-electron chi connectivity index (χ0n) is 13.2. The summed E-state index contributed by atoms with van der Waals surface area (Å²) in [5.74, 6) is -0.874. The van der Waals surface area contributed by atoms with Gasteiger partial charge in [0.15, 0.2) is 0 Å². The summed E-state index contributed by atoms with van der Waals surface area (Å²) in [5.41, 5.74) is 2.83. The highest BCUT2D eigenvalue weighted by molar-refractivity contribution is 5.87. The van der Waals surface area contributed by atoms with E-state index in [-0.39, 0.29) is 0 Å². The molecular formula is C19H22N2O2. The van der Waals surface area contributed by atoms with Crippen LogP contribution < -0.4 is 0 Å². The summed E-state index contributed by atoms with van der Waals surface area (Å²) in [4.78, 5) is 17.6. The molecular weight excluding hydrogens is 288 g/mol. The molecule has 2 heterocycles.